The first-order chi connectivity index (χ1) is 7.99. The molecular formula is C13H14BrN3. The highest BCUT2D eigenvalue weighted by Crippen LogP contribution is 2.25. The van der Waals surface area contributed by atoms with Crippen molar-refractivity contribution in [2.75, 3.05) is 5.73 Å². The van der Waals surface area contributed by atoms with Crippen LogP contribution in [0.1, 0.15) is 16.8 Å². The van der Waals surface area contributed by atoms with Crippen LogP contribution in [0.25, 0.3) is 11.4 Å². The summed E-state index contributed by atoms with van der Waals surface area (Å²) in [4.78, 5) is 8.78. The van der Waals surface area contributed by atoms with Crippen molar-refractivity contribution in [3.63, 3.8) is 0 Å². The first-order valence-corrected chi connectivity index (χ1v) is 6.15. The Hall–Kier alpha value is -1.42. The van der Waals surface area contributed by atoms with Crippen LogP contribution in [0.3, 0.4) is 0 Å². The maximum Gasteiger partial charge on any atom is 0.161 e. The average molecular weight is 292 g/mol. The van der Waals surface area contributed by atoms with Crippen LogP contribution in [-0.4, -0.2) is 9.97 Å². The lowest BCUT2D eigenvalue weighted by Gasteiger charge is -2.08. The Morgan fingerprint density at radius 2 is 1.82 bits per heavy atom. The van der Waals surface area contributed by atoms with Gasteiger partial charge in [-0.15, -0.1) is 0 Å². The summed E-state index contributed by atoms with van der Waals surface area (Å²) in [6.45, 7) is 5.92. The van der Waals surface area contributed by atoms with Gasteiger partial charge in [-0.3, -0.25) is 0 Å². The number of anilines is 1. The lowest BCUT2D eigenvalue weighted by Crippen LogP contribution is -2.02. The fraction of sp³-hybridized carbons (Fsp3) is 0.231. The maximum absolute atomic E-state index is 5.86. The van der Waals surface area contributed by atoms with Gasteiger partial charge < -0.3 is 5.73 Å². The summed E-state index contributed by atoms with van der Waals surface area (Å²) < 4.78 is 1.05. The molecule has 0 spiro atoms. The van der Waals surface area contributed by atoms with Crippen molar-refractivity contribution in [1.29, 1.82) is 0 Å². The number of aryl methyl sites for hydroxylation is 2. The van der Waals surface area contributed by atoms with E-state index in [1.807, 2.05) is 39.0 Å². The van der Waals surface area contributed by atoms with Crippen LogP contribution in [0.5, 0.6) is 0 Å². The van der Waals surface area contributed by atoms with Crippen molar-refractivity contribution in [3.8, 4) is 11.4 Å². The Kier molecular flexibility index (Phi) is 3.15. The highest BCUT2D eigenvalue weighted by Gasteiger charge is 2.08. The Labute approximate surface area is 109 Å². The molecule has 0 aliphatic heterocycles. The zero-order valence-electron chi connectivity index (χ0n) is 10.1. The van der Waals surface area contributed by atoms with E-state index in [-0.39, 0.29) is 0 Å². The molecule has 0 atom stereocenters. The molecule has 0 radical (unpaired) electrons. The minimum Gasteiger partial charge on any atom is -0.383 e. The molecule has 17 heavy (non-hydrogen) atoms. The van der Waals surface area contributed by atoms with E-state index in [4.69, 9.17) is 5.73 Å². The largest absolute Gasteiger partial charge is 0.383 e. The quantitative estimate of drug-likeness (QED) is 0.876. The molecule has 1 heterocycles. The number of hydrogen-bond donors (Lipinski definition) is 1. The van der Waals surface area contributed by atoms with Crippen molar-refractivity contribution < 1.29 is 0 Å². The predicted molar refractivity (Wildman–Crippen MR) is 73.8 cm³/mol. The number of nitrogens with zero attached hydrogens (tertiary/aromatic N) is 2. The van der Waals surface area contributed by atoms with Crippen LogP contribution in [0.15, 0.2) is 22.7 Å². The third kappa shape index (κ3) is 2.31. The molecule has 88 valence electrons. The van der Waals surface area contributed by atoms with E-state index < -0.39 is 0 Å². The van der Waals surface area contributed by atoms with Gasteiger partial charge in [0.1, 0.15) is 5.82 Å². The van der Waals surface area contributed by atoms with Gasteiger partial charge >= 0.3 is 0 Å². The van der Waals surface area contributed by atoms with Gasteiger partial charge in [-0.2, -0.15) is 0 Å². The normalized spacial score (nSPS) is 10.6. The zero-order chi connectivity index (χ0) is 12.6. The molecule has 2 rings (SSSR count). The van der Waals surface area contributed by atoms with Crippen molar-refractivity contribution >= 4 is 21.7 Å². The van der Waals surface area contributed by atoms with Gasteiger partial charge in [0.25, 0.3) is 0 Å². The van der Waals surface area contributed by atoms with Gasteiger partial charge in [-0.25, -0.2) is 9.97 Å². The summed E-state index contributed by atoms with van der Waals surface area (Å²) in [7, 11) is 0. The lowest BCUT2D eigenvalue weighted by molar-refractivity contribution is 1.08. The van der Waals surface area contributed by atoms with E-state index in [0.29, 0.717) is 11.6 Å². The molecule has 0 fully saturated rings. The Bertz CT molecular complexity index is 556. The summed E-state index contributed by atoms with van der Waals surface area (Å²) in [6, 6.07) is 6.05. The smallest absolute Gasteiger partial charge is 0.161 e. The fourth-order valence-corrected chi connectivity index (χ4v) is 1.89. The topological polar surface area (TPSA) is 51.8 Å². The first kappa shape index (κ1) is 12.0. The minimum absolute atomic E-state index is 0.546. The standard InChI is InChI=1S/C13H14BrN3/c1-7-4-5-10(6-11(7)14)13-16-9(3)8(2)12(15)17-13/h4-6H,1-3H3,(H2,15,16,17). The van der Waals surface area contributed by atoms with E-state index >= 15 is 0 Å². The average Bonchev–Trinajstić information content (AvgIpc) is 2.29. The van der Waals surface area contributed by atoms with E-state index in [1.165, 1.54) is 5.56 Å². The second-order valence-electron chi connectivity index (χ2n) is 4.11. The van der Waals surface area contributed by atoms with Crippen LogP contribution < -0.4 is 5.73 Å². The van der Waals surface area contributed by atoms with Crippen molar-refractivity contribution in [2.45, 2.75) is 20.8 Å². The Balaban J connectivity index is 2.57. The molecule has 0 bridgehead atoms. The van der Waals surface area contributed by atoms with E-state index in [0.717, 1.165) is 21.3 Å². The molecule has 2 aromatic rings. The number of rotatable bonds is 1. The van der Waals surface area contributed by atoms with Gasteiger partial charge in [0, 0.05) is 21.3 Å². The third-order valence-corrected chi connectivity index (χ3v) is 3.71. The lowest BCUT2D eigenvalue weighted by atomic mass is 10.1. The van der Waals surface area contributed by atoms with Crippen molar-refractivity contribution in [2.24, 2.45) is 0 Å². The van der Waals surface area contributed by atoms with Gasteiger partial charge in [0.2, 0.25) is 0 Å². The summed E-state index contributed by atoms with van der Waals surface area (Å²) in [6.07, 6.45) is 0. The number of aromatic nitrogens is 2. The second-order valence-corrected chi connectivity index (χ2v) is 4.96. The molecule has 0 saturated carbocycles. The number of nitrogen functional groups attached to an aromatic ring is 1. The fourth-order valence-electron chi connectivity index (χ4n) is 1.51. The summed E-state index contributed by atoms with van der Waals surface area (Å²) in [5, 5.41) is 0. The third-order valence-electron chi connectivity index (χ3n) is 2.86. The number of halogens is 1. The zero-order valence-corrected chi connectivity index (χ0v) is 11.7. The van der Waals surface area contributed by atoms with Gasteiger partial charge in [0.05, 0.1) is 0 Å². The molecule has 0 saturated heterocycles. The summed E-state index contributed by atoms with van der Waals surface area (Å²) in [5.41, 5.74) is 9.88. The number of benzene rings is 1. The van der Waals surface area contributed by atoms with E-state index in [1.54, 1.807) is 0 Å². The summed E-state index contributed by atoms with van der Waals surface area (Å²) in [5.74, 6) is 1.22. The summed E-state index contributed by atoms with van der Waals surface area (Å²) >= 11 is 3.51. The highest BCUT2D eigenvalue weighted by atomic mass is 79.9. The highest BCUT2D eigenvalue weighted by molar-refractivity contribution is 9.10. The molecule has 0 unspecified atom stereocenters. The molecule has 2 N–H and O–H groups in total. The van der Waals surface area contributed by atoms with Gasteiger partial charge in [-0.05, 0) is 32.4 Å². The van der Waals surface area contributed by atoms with Crippen molar-refractivity contribution in [1.82, 2.24) is 9.97 Å². The molecule has 0 aliphatic rings. The van der Waals surface area contributed by atoms with E-state index in [9.17, 15) is 0 Å². The van der Waals surface area contributed by atoms with Crippen LogP contribution in [0.4, 0.5) is 5.82 Å². The van der Waals surface area contributed by atoms with Crippen LogP contribution in [0, 0.1) is 20.8 Å². The molecular weight excluding hydrogens is 278 g/mol. The number of hydrogen-bond acceptors (Lipinski definition) is 3. The molecule has 0 aliphatic carbocycles. The predicted octanol–water partition coefficient (Wildman–Crippen LogP) is 3.41. The second kappa shape index (κ2) is 4.45. The Morgan fingerprint density at radius 3 is 2.41 bits per heavy atom. The van der Waals surface area contributed by atoms with Crippen LogP contribution in [-0.2, 0) is 0 Å². The molecule has 1 aromatic carbocycles. The molecule has 0 amide bonds. The first-order valence-electron chi connectivity index (χ1n) is 5.36. The van der Waals surface area contributed by atoms with Gasteiger partial charge in [-0.1, -0.05) is 28.1 Å². The van der Waals surface area contributed by atoms with Crippen LogP contribution >= 0.6 is 15.9 Å². The van der Waals surface area contributed by atoms with Crippen molar-refractivity contribution in [3.05, 3.63) is 39.5 Å². The molecule has 1 aromatic heterocycles. The molecule has 3 nitrogen and oxygen atoms in total. The number of nitrogens with two attached hydrogens (primary N) is 1. The molecule has 4 heteroatoms. The minimum atomic E-state index is 0.546. The maximum atomic E-state index is 5.86. The monoisotopic (exact) mass is 291 g/mol. The van der Waals surface area contributed by atoms with Crippen LogP contribution in [0.2, 0.25) is 0 Å². The van der Waals surface area contributed by atoms with Gasteiger partial charge in [0.15, 0.2) is 5.82 Å². The van der Waals surface area contributed by atoms with E-state index in [2.05, 4.69) is 25.9 Å². The Morgan fingerprint density at radius 1 is 1.12 bits per heavy atom. The SMILES string of the molecule is Cc1ccc(-c2nc(C)c(C)c(N)n2)cc1Br.